The molecule has 3 heteroatoms. The first-order valence-corrected chi connectivity index (χ1v) is 6.08. The first-order chi connectivity index (χ1) is 7.34. The van der Waals surface area contributed by atoms with Gasteiger partial charge in [0.25, 0.3) is 0 Å². The molecule has 102 valence electrons. The van der Waals surface area contributed by atoms with E-state index in [1.54, 1.807) is 20.8 Å². The molecule has 0 aromatic rings. The molecule has 0 saturated carbocycles. The maximum Gasteiger partial charge on any atom is 0.392 e. The molecular formula is C14H25F3. The highest BCUT2D eigenvalue weighted by Gasteiger charge is 2.45. The normalized spacial score (nSPS) is 16.5. The summed E-state index contributed by atoms with van der Waals surface area (Å²) in [6.07, 6.45) is 0.389. The van der Waals surface area contributed by atoms with Crippen LogP contribution >= 0.6 is 0 Å². The third kappa shape index (κ3) is 7.45. The molecule has 0 aliphatic carbocycles. The van der Waals surface area contributed by atoms with Crippen LogP contribution in [0.25, 0.3) is 0 Å². The van der Waals surface area contributed by atoms with Crippen molar-refractivity contribution in [3.05, 3.63) is 12.2 Å². The van der Waals surface area contributed by atoms with Crippen LogP contribution in [-0.2, 0) is 0 Å². The molecule has 0 aliphatic rings. The second-order valence-electron chi connectivity index (χ2n) is 6.81. The maximum atomic E-state index is 12.9. The summed E-state index contributed by atoms with van der Waals surface area (Å²) < 4.78 is 38.6. The van der Waals surface area contributed by atoms with Crippen molar-refractivity contribution in [2.45, 2.75) is 60.6 Å². The van der Waals surface area contributed by atoms with Crippen molar-refractivity contribution in [3.8, 4) is 0 Å². The van der Waals surface area contributed by atoms with Gasteiger partial charge in [-0.05, 0) is 23.7 Å². The van der Waals surface area contributed by atoms with Crippen molar-refractivity contribution >= 4 is 0 Å². The Labute approximate surface area is 103 Å². The van der Waals surface area contributed by atoms with Crippen LogP contribution in [0.5, 0.6) is 0 Å². The number of rotatable bonds is 3. The molecule has 0 radical (unpaired) electrons. The topological polar surface area (TPSA) is 0 Å². The Bertz CT molecular complexity index is 234. The van der Waals surface area contributed by atoms with Gasteiger partial charge in [0.05, 0.1) is 5.92 Å². The van der Waals surface area contributed by atoms with E-state index >= 15 is 0 Å². The monoisotopic (exact) mass is 250 g/mol. The van der Waals surface area contributed by atoms with E-state index in [0.29, 0.717) is 6.42 Å². The molecule has 0 aromatic carbocycles. The van der Waals surface area contributed by atoms with E-state index in [9.17, 15) is 13.2 Å². The van der Waals surface area contributed by atoms with Gasteiger partial charge in [0.1, 0.15) is 0 Å². The third-order valence-electron chi connectivity index (χ3n) is 2.68. The molecule has 1 atom stereocenters. The van der Waals surface area contributed by atoms with Crippen LogP contribution in [0.1, 0.15) is 54.4 Å². The van der Waals surface area contributed by atoms with Crippen LogP contribution < -0.4 is 0 Å². The quantitative estimate of drug-likeness (QED) is 0.572. The highest BCUT2D eigenvalue weighted by Crippen LogP contribution is 2.42. The lowest BCUT2D eigenvalue weighted by atomic mass is 9.77. The molecule has 0 aromatic heterocycles. The van der Waals surface area contributed by atoms with E-state index in [1.165, 1.54) is 0 Å². The lowest BCUT2D eigenvalue weighted by Crippen LogP contribution is -2.34. The van der Waals surface area contributed by atoms with Crippen molar-refractivity contribution < 1.29 is 13.2 Å². The minimum absolute atomic E-state index is 0.0372. The van der Waals surface area contributed by atoms with Gasteiger partial charge in [-0.1, -0.05) is 53.7 Å². The summed E-state index contributed by atoms with van der Waals surface area (Å²) in [6, 6.07) is 0. The number of halogens is 3. The van der Waals surface area contributed by atoms with Gasteiger partial charge < -0.3 is 0 Å². The average Bonchev–Trinajstić information content (AvgIpc) is 1.95. The minimum atomic E-state index is -4.10. The summed E-state index contributed by atoms with van der Waals surface area (Å²) in [6.45, 7) is 11.1. The molecular weight excluding hydrogens is 225 g/mol. The number of alkyl halides is 3. The lowest BCUT2D eigenvalue weighted by Gasteiger charge is -2.32. The van der Waals surface area contributed by atoms with Gasteiger partial charge in [-0.2, -0.15) is 13.2 Å². The van der Waals surface area contributed by atoms with Gasteiger partial charge >= 0.3 is 6.18 Å². The van der Waals surface area contributed by atoms with Gasteiger partial charge in [-0.15, -0.1) is 0 Å². The first kappa shape index (κ1) is 16.5. The molecule has 0 rings (SSSR count). The molecule has 0 unspecified atom stereocenters. The number of allylic oxidation sites excluding steroid dienone is 2. The van der Waals surface area contributed by atoms with Crippen LogP contribution in [0.15, 0.2) is 12.2 Å². The smallest absolute Gasteiger partial charge is 0.171 e. The number of hydrogen-bond donors (Lipinski definition) is 0. The SMILES string of the molecule is CC(C)(C)/C=C/CC[C@H](C(C)(C)C)C(F)(F)F. The fourth-order valence-electron chi connectivity index (χ4n) is 1.79. The van der Waals surface area contributed by atoms with Crippen LogP contribution in [0, 0.1) is 16.7 Å². The van der Waals surface area contributed by atoms with Crippen LogP contribution in [0.4, 0.5) is 13.2 Å². The Balaban J connectivity index is 4.46. The van der Waals surface area contributed by atoms with Crippen LogP contribution in [0.3, 0.4) is 0 Å². The molecule has 0 heterocycles. The summed E-state index contributed by atoms with van der Waals surface area (Å²) in [5, 5.41) is 0. The highest BCUT2D eigenvalue weighted by atomic mass is 19.4. The summed E-state index contributed by atoms with van der Waals surface area (Å²) >= 11 is 0. The Kier molecular flexibility index (Phi) is 5.30. The zero-order chi connectivity index (χ0) is 13.9. The second kappa shape index (κ2) is 5.45. The van der Waals surface area contributed by atoms with Crippen molar-refractivity contribution in [1.29, 1.82) is 0 Å². The summed E-state index contributed by atoms with van der Waals surface area (Å²) in [5.41, 5.74) is -0.691. The molecule has 0 saturated heterocycles. The molecule has 0 N–H and O–H groups in total. The minimum Gasteiger partial charge on any atom is -0.171 e. The Morgan fingerprint density at radius 3 is 1.71 bits per heavy atom. The van der Waals surface area contributed by atoms with E-state index in [0.717, 1.165) is 0 Å². The van der Waals surface area contributed by atoms with E-state index in [-0.39, 0.29) is 11.8 Å². The molecule has 17 heavy (non-hydrogen) atoms. The third-order valence-corrected chi connectivity index (χ3v) is 2.68. The molecule has 0 fully saturated rings. The van der Waals surface area contributed by atoms with E-state index in [4.69, 9.17) is 0 Å². The molecule has 0 amide bonds. The molecule has 0 nitrogen and oxygen atoms in total. The van der Waals surface area contributed by atoms with Gasteiger partial charge in [0.2, 0.25) is 0 Å². The predicted octanol–water partition coefficient (Wildman–Crippen LogP) is 5.59. The fraction of sp³-hybridized carbons (Fsp3) is 0.857. The zero-order valence-electron chi connectivity index (χ0n) is 11.8. The fourth-order valence-corrected chi connectivity index (χ4v) is 1.79. The second-order valence-corrected chi connectivity index (χ2v) is 6.81. The van der Waals surface area contributed by atoms with Gasteiger partial charge in [-0.25, -0.2) is 0 Å². The Morgan fingerprint density at radius 1 is 0.941 bits per heavy atom. The largest absolute Gasteiger partial charge is 0.392 e. The van der Waals surface area contributed by atoms with Gasteiger partial charge in [0.15, 0.2) is 0 Å². The zero-order valence-corrected chi connectivity index (χ0v) is 11.8. The lowest BCUT2D eigenvalue weighted by molar-refractivity contribution is -0.201. The highest BCUT2D eigenvalue weighted by molar-refractivity contribution is 4.93. The number of hydrogen-bond acceptors (Lipinski definition) is 0. The summed E-state index contributed by atoms with van der Waals surface area (Å²) in [7, 11) is 0. The first-order valence-electron chi connectivity index (χ1n) is 6.08. The van der Waals surface area contributed by atoms with Crippen molar-refractivity contribution in [2.75, 3.05) is 0 Å². The maximum absolute atomic E-state index is 12.9. The average molecular weight is 250 g/mol. The summed E-state index contributed by atoms with van der Waals surface area (Å²) in [5.74, 6) is -1.24. The van der Waals surface area contributed by atoms with Crippen molar-refractivity contribution in [2.24, 2.45) is 16.7 Å². The predicted molar refractivity (Wildman–Crippen MR) is 66.8 cm³/mol. The Morgan fingerprint density at radius 2 is 1.41 bits per heavy atom. The molecule has 0 bridgehead atoms. The van der Waals surface area contributed by atoms with Crippen LogP contribution in [0.2, 0.25) is 0 Å². The van der Waals surface area contributed by atoms with Crippen molar-refractivity contribution in [3.63, 3.8) is 0 Å². The van der Waals surface area contributed by atoms with Crippen molar-refractivity contribution in [1.82, 2.24) is 0 Å². The Hall–Kier alpha value is -0.470. The van der Waals surface area contributed by atoms with E-state index in [1.807, 2.05) is 32.9 Å². The van der Waals surface area contributed by atoms with E-state index in [2.05, 4.69) is 0 Å². The molecule has 0 aliphatic heterocycles. The standard InChI is InChI=1S/C14H25F3/c1-12(2,3)10-8-7-9-11(13(4,5)6)14(15,16)17/h8,10-11H,7,9H2,1-6H3/b10-8+/t11-/m1/s1. The van der Waals surface area contributed by atoms with E-state index < -0.39 is 17.5 Å². The summed E-state index contributed by atoms with van der Waals surface area (Å²) in [4.78, 5) is 0. The van der Waals surface area contributed by atoms with Crippen LogP contribution in [-0.4, -0.2) is 6.18 Å². The van der Waals surface area contributed by atoms with Gasteiger partial charge in [-0.3, -0.25) is 0 Å². The van der Waals surface area contributed by atoms with Gasteiger partial charge in [0, 0.05) is 0 Å². The molecule has 0 spiro atoms.